The lowest BCUT2D eigenvalue weighted by Crippen LogP contribution is -1.93. The summed E-state index contributed by atoms with van der Waals surface area (Å²) in [5.41, 5.74) is 3.31. The molecule has 4 nitrogen and oxygen atoms in total. The van der Waals surface area contributed by atoms with Gasteiger partial charge in [0.1, 0.15) is 0 Å². The quantitative estimate of drug-likeness (QED) is 0.423. The van der Waals surface area contributed by atoms with Crippen molar-refractivity contribution in [3.05, 3.63) is 0 Å². The molecular weight excluding hydrogens is 100 g/mol. The molecule has 0 aromatic rings. The number of thiol groups is 1. The molecule has 0 aromatic heterocycles. The Kier molecular flexibility index (Phi) is 0.754. The molecule has 1 rings (SSSR count). The van der Waals surface area contributed by atoms with E-state index in [1.165, 1.54) is 0 Å². The Labute approximate surface area is 39.7 Å². The van der Waals surface area contributed by atoms with Crippen molar-refractivity contribution >= 4 is 17.8 Å². The van der Waals surface area contributed by atoms with E-state index < -0.39 is 0 Å². The van der Waals surface area contributed by atoms with E-state index in [1.54, 1.807) is 0 Å². The normalized spacial score (nSPS) is 17.2. The molecule has 0 spiro atoms. The van der Waals surface area contributed by atoms with Crippen molar-refractivity contribution < 1.29 is 0 Å². The van der Waals surface area contributed by atoms with Crippen LogP contribution in [0.25, 0.3) is 0 Å². The highest BCUT2D eigenvalue weighted by Crippen LogP contribution is 1.91. The van der Waals surface area contributed by atoms with Crippen LogP contribution >= 0.6 is 12.6 Å². The van der Waals surface area contributed by atoms with Gasteiger partial charge in [0.05, 0.1) is 0 Å². The second-order valence-corrected chi connectivity index (χ2v) is 1.08. The maximum atomic E-state index is 3.69. The molecule has 1 heterocycles. The van der Waals surface area contributed by atoms with E-state index in [2.05, 4.69) is 33.6 Å². The maximum Gasteiger partial charge on any atom is 0.230 e. The molecule has 1 aliphatic heterocycles. The zero-order valence-electron chi connectivity index (χ0n) is 2.74. The lowest BCUT2D eigenvalue weighted by Gasteiger charge is -1.70. The predicted molar refractivity (Wildman–Crippen MR) is 23.4 cm³/mol. The van der Waals surface area contributed by atoms with Crippen LogP contribution in [0.15, 0.2) is 15.5 Å². The Hall–Kier alpha value is -0.580. The van der Waals surface area contributed by atoms with Crippen LogP contribution < -0.4 is 5.43 Å². The molecule has 0 aromatic carbocycles. The van der Waals surface area contributed by atoms with Gasteiger partial charge in [-0.25, -0.2) is 0 Å². The van der Waals surface area contributed by atoms with Gasteiger partial charge in [-0.1, -0.05) is 23.2 Å². The topological polar surface area (TPSA) is 51.2 Å². The van der Waals surface area contributed by atoms with Crippen LogP contribution in [0.1, 0.15) is 0 Å². The summed E-state index contributed by atoms with van der Waals surface area (Å²) in [5, 5.41) is 9.89. The zero-order chi connectivity index (χ0) is 4.41. The van der Waals surface area contributed by atoms with Crippen LogP contribution in [0.4, 0.5) is 0 Å². The first-order valence-corrected chi connectivity index (χ1v) is 1.72. The Bertz CT molecular complexity index is 104. The summed E-state index contributed by atoms with van der Waals surface area (Å²) < 4.78 is 0. The fraction of sp³-hybridized carbons (Fsp3) is 0. The molecule has 1 aliphatic rings. The van der Waals surface area contributed by atoms with Crippen molar-refractivity contribution in [2.45, 2.75) is 0 Å². The van der Waals surface area contributed by atoms with Gasteiger partial charge in [0, 0.05) is 0 Å². The van der Waals surface area contributed by atoms with Crippen molar-refractivity contribution in [3.8, 4) is 0 Å². The number of hydrogen-bond acceptors (Lipinski definition) is 3. The molecule has 6 heavy (non-hydrogen) atoms. The molecule has 0 unspecified atom stereocenters. The highest BCUT2D eigenvalue weighted by Gasteiger charge is 1.94. The summed E-state index contributed by atoms with van der Waals surface area (Å²) in [7, 11) is 0. The minimum Gasteiger partial charge on any atom is -0.0998 e. The van der Waals surface area contributed by atoms with E-state index in [1.807, 2.05) is 0 Å². The summed E-state index contributed by atoms with van der Waals surface area (Å²) >= 11 is 3.69. The molecule has 0 saturated carbocycles. The van der Waals surface area contributed by atoms with Gasteiger partial charge in [-0.05, 0) is 10.4 Å². The van der Waals surface area contributed by atoms with Crippen molar-refractivity contribution in [2.75, 3.05) is 0 Å². The monoisotopic (exact) mass is 101 g/mol. The van der Waals surface area contributed by atoms with Crippen molar-refractivity contribution in [2.24, 2.45) is 15.5 Å². The van der Waals surface area contributed by atoms with Crippen LogP contribution in [-0.4, -0.2) is 5.17 Å². The van der Waals surface area contributed by atoms with Gasteiger partial charge in [-0.15, -0.1) is 0 Å². The Morgan fingerprint density at radius 3 is 2.33 bits per heavy atom. The molecule has 0 fully saturated rings. The average molecular weight is 101 g/mol. The van der Waals surface area contributed by atoms with E-state index in [9.17, 15) is 0 Å². The van der Waals surface area contributed by atoms with Gasteiger partial charge < -0.3 is 0 Å². The van der Waals surface area contributed by atoms with Gasteiger partial charge in [-0.2, -0.15) is 0 Å². The first-order chi connectivity index (χ1) is 2.89. The van der Waals surface area contributed by atoms with E-state index in [0.29, 0.717) is 5.17 Å². The standard InChI is InChI=1S/CHN4S/c6-1-2-4-5-3-1/h(H,2,5,6). The third-order valence-corrected chi connectivity index (χ3v) is 0.487. The van der Waals surface area contributed by atoms with Crippen molar-refractivity contribution in [1.29, 1.82) is 0 Å². The lowest BCUT2D eigenvalue weighted by atomic mass is 11.3. The number of hydrogen-bond donors (Lipinski definition) is 1. The Morgan fingerprint density at radius 2 is 2.17 bits per heavy atom. The average Bonchev–Trinajstić information content (AvgIpc) is 1.86. The van der Waals surface area contributed by atoms with Gasteiger partial charge in [0.15, 0.2) is 0 Å². The number of rotatable bonds is 0. The molecule has 5 heteroatoms. The second-order valence-electron chi connectivity index (χ2n) is 0.679. The van der Waals surface area contributed by atoms with Crippen molar-refractivity contribution in [1.82, 2.24) is 5.43 Å². The highest BCUT2D eigenvalue weighted by atomic mass is 32.1. The SMILES string of the molecule is SC1=NN=N[N]1. The van der Waals surface area contributed by atoms with Crippen LogP contribution in [0.3, 0.4) is 0 Å². The minimum atomic E-state index is 0.315. The summed E-state index contributed by atoms with van der Waals surface area (Å²) in [6.45, 7) is 0. The first kappa shape index (κ1) is 3.60. The second kappa shape index (κ2) is 1.25. The summed E-state index contributed by atoms with van der Waals surface area (Å²) in [6.07, 6.45) is 0. The van der Waals surface area contributed by atoms with E-state index in [4.69, 9.17) is 0 Å². The van der Waals surface area contributed by atoms with Crippen molar-refractivity contribution in [3.63, 3.8) is 0 Å². The third-order valence-electron chi connectivity index (χ3n) is 0.308. The smallest absolute Gasteiger partial charge is 0.0998 e. The summed E-state index contributed by atoms with van der Waals surface area (Å²) in [5.74, 6) is 0. The van der Waals surface area contributed by atoms with Gasteiger partial charge >= 0.3 is 0 Å². The molecule has 0 saturated heterocycles. The fourth-order valence-corrected chi connectivity index (χ4v) is 0.220. The van der Waals surface area contributed by atoms with E-state index in [0.717, 1.165) is 0 Å². The number of amidine groups is 1. The number of nitrogens with zero attached hydrogens (tertiary/aromatic N) is 4. The molecule has 0 amide bonds. The molecule has 0 atom stereocenters. The van der Waals surface area contributed by atoms with Crippen LogP contribution in [0.2, 0.25) is 0 Å². The highest BCUT2D eigenvalue weighted by molar-refractivity contribution is 7.96. The maximum absolute atomic E-state index is 3.69. The van der Waals surface area contributed by atoms with Crippen LogP contribution in [0, 0.1) is 0 Å². The van der Waals surface area contributed by atoms with Gasteiger partial charge in [-0.3, -0.25) is 0 Å². The summed E-state index contributed by atoms with van der Waals surface area (Å²) in [6, 6.07) is 0. The first-order valence-electron chi connectivity index (χ1n) is 1.27. The van der Waals surface area contributed by atoms with Crippen LogP contribution in [-0.2, 0) is 0 Å². The van der Waals surface area contributed by atoms with Gasteiger partial charge in [0.25, 0.3) is 0 Å². The Balaban J connectivity index is 2.61. The lowest BCUT2D eigenvalue weighted by molar-refractivity contribution is 0.928. The molecule has 0 bridgehead atoms. The zero-order valence-corrected chi connectivity index (χ0v) is 3.63. The predicted octanol–water partition coefficient (Wildman–Crippen LogP) is 0.172. The van der Waals surface area contributed by atoms with Crippen LogP contribution in [0.5, 0.6) is 0 Å². The van der Waals surface area contributed by atoms with E-state index in [-0.39, 0.29) is 0 Å². The molecule has 31 valence electrons. The van der Waals surface area contributed by atoms with Gasteiger partial charge in [0.2, 0.25) is 5.17 Å². The third kappa shape index (κ3) is 0.486. The fourth-order valence-electron chi connectivity index (χ4n) is 0.140. The minimum absolute atomic E-state index is 0.315. The molecular formula is CHN4S. The summed E-state index contributed by atoms with van der Waals surface area (Å²) in [4.78, 5) is 0. The van der Waals surface area contributed by atoms with E-state index >= 15 is 0 Å². The molecule has 0 aliphatic carbocycles. The largest absolute Gasteiger partial charge is 0.230 e. The molecule has 0 N–H and O–H groups in total. The molecule has 1 radical (unpaired) electrons. The Morgan fingerprint density at radius 1 is 1.33 bits per heavy atom.